The lowest BCUT2D eigenvalue weighted by atomic mass is 10.0. The Balaban J connectivity index is 1.81. The Hall–Kier alpha value is -2.18. The minimum absolute atomic E-state index is 0.499. The lowest BCUT2D eigenvalue weighted by Crippen LogP contribution is -1.92. The zero-order chi connectivity index (χ0) is 14.9. The van der Waals surface area contributed by atoms with Crippen molar-refractivity contribution in [1.82, 2.24) is 15.2 Å². The van der Waals surface area contributed by atoms with Gasteiger partial charge in [0.25, 0.3) is 0 Å². The highest BCUT2D eigenvalue weighted by Crippen LogP contribution is 2.31. The average molecular weight is 324 g/mol. The maximum absolute atomic E-state index is 5.63. The van der Waals surface area contributed by atoms with Crippen molar-refractivity contribution in [3.63, 3.8) is 0 Å². The standard InChI is InChI=1S/C16H12N4S2/c17-15-19-20-16(22-15)21-9-14-12-7-2-1-5-10(12)11-6-3-4-8-13(11)18-14/h1-8H,9H2,(H2,17,19). The first-order valence-electron chi connectivity index (χ1n) is 6.79. The molecule has 4 nitrogen and oxygen atoms in total. The summed E-state index contributed by atoms with van der Waals surface area (Å²) >= 11 is 3.03. The Kier molecular flexibility index (Phi) is 3.40. The molecule has 6 heteroatoms. The molecule has 22 heavy (non-hydrogen) atoms. The lowest BCUT2D eigenvalue weighted by molar-refractivity contribution is 1.02. The van der Waals surface area contributed by atoms with Crippen molar-refractivity contribution in [1.29, 1.82) is 0 Å². The summed E-state index contributed by atoms with van der Waals surface area (Å²) in [5, 5.41) is 12.0. The number of fused-ring (bicyclic) bond motifs is 3. The van der Waals surface area contributed by atoms with Crippen molar-refractivity contribution < 1.29 is 0 Å². The zero-order valence-corrected chi connectivity index (χ0v) is 13.2. The van der Waals surface area contributed by atoms with Crippen LogP contribution in [-0.4, -0.2) is 15.2 Å². The van der Waals surface area contributed by atoms with Crippen molar-refractivity contribution in [2.24, 2.45) is 0 Å². The molecule has 2 heterocycles. The zero-order valence-electron chi connectivity index (χ0n) is 11.6. The van der Waals surface area contributed by atoms with Crippen LogP contribution in [0.3, 0.4) is 0 Å². The van der Waals surface area contributed by atoms with E-state index in [2.05, 4.69) is 52.7 Å². The van der Waals surface area contributed by atoms with E-state index in [-0.39, 0.29) is 0 Å². The van der Waals surface area contributed by atoms with Crippen LogP contribution in [0.4, 0.5) is 5.13 Å². The maximum Gasteiger partial charge on any atom is 0.203 e. The van der Waals surface area contributed by atoms with Crippen molar-refractivity contribution >= 4 is 49.9 Å². The average Bonchev–Trinajstić information content (AvgIpc) is 2.98. The van der Waals surface area contributed by atoms with Crippen LogP contribution < -0.4 is 5.73 Å². The molecule has 4 rings (SSSR count). The van der Waals surface area contributed by atoms with E-state index in [4.69, 9.17) is 10.7 Å². The Morgan fingerprint density at radius 3 is 2.41 bits per heavy atom. The molecule has 0 fully saturated rings. The van der Waals surface area contributed by atoms with Gasteiger partial charge in [-0.1, -0.05) is 65.6 Å². The molecule has 0 atom stereocenters. The molecule has 0 aliphatic carbocycles. The summed E-state index contributed by atoms with van der Waals surface area (Å²) in [6.45, 7) is 0. The van der Waals surface area contributed by atoms with Gasteiger partial charge < -0.3 is 5.73 Å². The number of nitrogens with two attached hydrogens (primary N) is 1. The largest absolute Gasteiger partial charge is 0.374 e. The van der Waals surface area contributed by atoms with E-state index in [1.807, 2.05) is 6.07 Å². The maximum atomic E-state index is 5.63. The smallest absolute Gasteiger partial charge is 0.203 e. The molecule has 0 unspecified atom stereocenters. The number of hydrogen-bond donors (Lipinski definition) is 1. The van der Waals surface area contributed by atoms with Gasteiger partial charge in [-0.05, 0) is 11.5 Å². The number of hydrogen-bond acceptors (Lipinski definition) is 6. The van der Waals surface area contributed by atoms with E-state index in [0.29, 0.717) is 5.13 Å². The molecule has 108 valence electrons. The molecule has 0 aliphatic heterocycles. The molecule has 2 aromatic carbocycles. The number of para-hydroxylation sites is 1. The van der Waals surface area contributed by atoms with Gasteiger partial charge in [0.1, 0.15) is 0 Å². The Morgan fingerprint density at radius 2 is 1.64 bits per heavy atom. The molecule has 2 N–H and O–H groups in total. The number of rotatable bonds is 3. The molecule has 2 aromatic heterocycles. The third-order valence-corrected chi connectivity index (χ3v) is 5.34. The van der Waals surface area contributed by atoms with Gasteiger partial charge >= 0.3 is 0 Å². The molecule has 4 aromatic rings. The van der Waals surface area contributed by atoms with Crippen LogP contribution in [0.25, 0.3) is 21.7 Å². The summed E-state index contributed by atoms with van der Waals surface area (Å²) in [7, 11) is 0. The first-order valence-corrected chi connectivity index (χ1v) is 8.59. The highest BCUT2D eigenvalue weighted by molar-refractivity contribution is 8.00. The third-order valence-electron chi connectivity index (χ3n) is 3.44. The molecule has 0 amide bonds. The predicted molar refractivity (Wildman–Crippen MR) is 93.1 cm³/mol. The lowest BCUT2D eigenvalue weighted by Gasteiger charge is -2.08. The van der Waals surface area contributed by atoms with Crippen molar-refractivity contribution in [3.8, 4) is 0 Å². The molecular weight excluding hydrogens is 312 g/mol. The van der Waals surface area contributed by atoms with Crippen LogP contribution in [0.2, 0.25) is 0 Å². The SMILES string of the molecule is Nc1nnc(SCc2nc3ccccc3c3ccccc23)s1. The monoisotopic (exact) mass is 324 g/mol. The van der Waals surface area contributed by atoms with Gasteiger partial charge in [0.05, 0.1) is 11.2 Å². The summed E-state index contributed by atoms with van der Waals surface area (Å²) in [5.41, 5.74) is 7.71. The molecule has 0 bridgehead atoms. The van der Waals surface area contributed by atoms with Crippen molar-refractivity contribution in [3.05, 3.63) is 54.2 Å². The molecule has 0 spiro atoms. The van der Waals surface area contributed by atoms with Crippen molar-refractivity contribution in [2.45, 2.75) is 10.1 Å². The number of aromatic nitrogens is 3. The third kappa shape index (κ3) is 2.40. The molecule has 0 radical (unpaired) electrons. The molecule has 0 aliphatic rings. The normalized spacial score (nSPS) is 11.3. The minimum Gasteiger partial charge on any atom is -0.374 e. The topological polar surface area (TPSA) is 64.7 Å². The van der Waals surface area contributed by atoms with Gasteiger partial charge in [-0.2, -0.15) is 0 Å². The fourth-order valence-corrected chi connectivity index (χ4v) is 4.08. The van der Waals surface area contributed by atoms with E-state index in [0.717, 1.165) is 21.3 Å². The summed E-state index contributed by atoms with van der Waals surface area (Å²) in [5.74, 6) is 0.750. The number of benzene rings is 2. The summed E-state index contributed by atoms with van der Waals surface area (Å²) in [4.78, 5) is 4.83. The second kappa shape index (κ2) is 5.55. The van der Waals surface area contributed by atoms with Crippen LogP contribution in [-0.2, 0) is 5.75 Å². The Labute approximate surface area is 135 Å². The van der Waals surface area contributed by atoms with Crippen molar-refractivity contribution in [2.75, 3.05) is 5.73 Å². The number of nitrogen functional groups attached to an aromatic ring is 1. The van der Waals surface area contributed by atoms with E-state index < -0.39 is 0 Å². The van der Waals surface area contributed by atoms with Gasteiger partial charge in [0.2, 0.25) is 5.13 Å². The summed E-state index contributed by atoms with van der Waals surface area (Å²) in [6, 6.07) is 16.6. The van der Waals surface area contributed by atoms with Gasteiger partial charge in [0.15, 0.2) is 4.34 Å². The number of thioether (sulfide) groups is 1. The second-order valence-corrected chi connectivity index (χ2v) is 7.05. The minimum atomic E-state index is 0.499. The summed E-state index contributed by atoms with van der Waals surface area (Å²) in [6.07, 6.45) is 0. The number of pyridine rings is 1. The van der Waals surface area contributed by atoms with E-state index >= 15 is 0 Å². The fourth-order valence-electron chi connectivity index (χ4n) is 2.49. The van der Waals surface area contributed by atoms with Gasteiger partial charge in [0, 0.05) is 16.5 Å². The summed E-state index contributed by atoms with van der Waals surface area (Å²) < 4.78 is 0.872. The van der Waals surface area contributed by atoms with Gasteiger partial charge in [-0.15, -0.1) is 10.2 Å². The van der Waals surface area contributed by atoms with Crippen LogP contribution in [0.15, 0.2) is 52.9 Å². The predicted octanol–water partition coefficient (Wildman–Crippen LogP) is 4.11. The molecular formula is C16H12N4S2. The fraction of sp³-hybridized carbons (Fsp3) is 0.0625. The number of anilines is 1. The van der Waals surface area contributed by atoms with E-state index in [1.165, 1.54) is 27.5 Å². The van der Waals surface area contributed by atoms with Crippen LogP contribution in [0, 0.1) is 0 Å². The quantitative estimate of drug-likeness (QED) is 0.454. The molecule has 0 saturated heterocycles. The van der Waals surface area contributed by atoms with Crippen LogP contribution in [0.1, 0.15) is 5.69 Å². The van der Waals surface area contributed by atoms with Crippen LogP contribution >= 0.6 is 23.1 Å². The molecule has 0 saturated carbocycles. The Morgan fingerprint density at radius 1 is 0.909 bits per heavy atom. The van der Waals surface area contributed by atoms with Gasteiger partial charge in [-0.25, -0.2) is 0 Å². The second-order valence-electron chi connectivity index (χ2n) is 4.82. The van der Waals surface area contributed by atoms with Crippen LogP contribution in [0.5, 0.6) is 0 Å². The van der Waals surface area contributed by atoms with E-state index in [1.54, 1.807) is 11.8 Å². The first-order chi connectivity index (χ1) is 10.8. The highest BCUT2D eigenvalue weighted by atomic mass is 32.2. The van der Waals surface area contributed by atoms with E-state index in [9.17, 15) is 0 Å². The number of nitrogens with zero attached hydrogens (tertiary/aromatic N) is 3. The van der Waals surface area contributed by atoms with Gasteiger partial charge in [-0.3, -0.25) is 4.98 Å². The first kappa shape index (κ1) is 13.5. The Bertz CT molecular complexity index is 965. The highest BCUT2D eigenvalue weighted by Gasteiger charge is 2.09.